The number of aromatic nitrogens is 1. The Morgan fingerprint density at radius 2 is 2.50 bits per heavy atom. The third-order valence-corrected chi connectivity index (χ3v) is 1.48. The molecule has 0 aliphatic heterocycles. The summed E-state index contributed by atoms with van der Waals surface area (Å²) < 4.78 is 0. The minimum atomic E-state index is 0.988. The Morgan fingerprint density at radius 3 is 3.00 bits per heavy atom. The fourth-order valence-corrected chi connectivity index (χ4v) is 0.701. The number of nitrogens with zero attached hydrogens (tertiary/aromatic N) is 2. The molecule has 1 radical (unpaired) electrons. The number of anilines is 1. The van der Waals surface area contributed by atoms with Crippen molar-refractivity contribution in [2.45, 2.75) is 6.92 Å². The lowest BCUT2D eigenvalue weighted by Crippen LogP contribution is -2.15. The summed E-state index contributed by atoms with van der Waals surface area (Å²) in [5, 5.41) is 0. The molecule has 53 valence electrons. The average Bonchev–Trinajstić information content (AvgIpc) is 2.05. The van der Waals surface area contributed by atoms with Crippen molar-refractivity contribution in [3.8, 4) is 0 Å². The van der Waals surface area contributed by atoms with Crippen molar-refractivity contribution in [3.05, 3.63) is 24.5 Å². The fourth-order valence-electron chi connectivity index (χ4n) is 0.701. The van der Waals surface area contributed by atoms with E-state index in [1.54, 1.807) is 6.20 Å². The first-order chi connectivity index (χ1) is 4.84. The van der Waals surface area contributed by atoms with Crippen molar-refractivity contribution >= 4 is 5.69 Å². The van der Waals surface area contributed by atoms with Gasteiger partial charge in [0.05, 0.1) is 5.69 Å². The predicted octanol–water partition coefficient (Wildman–Crippen LogP) is 1.34. The van der Waals surface area contributed by atoms with Crippen molar-refractivity contribution in [1.29, 1.82) is 0 Å². The Balaban J connectivity index is 2.75. The molecular weight excluding hydrogens is 124 g/mol. The van der Waals surface area contributed by atoms with E-state index < -0.39 is 0 Å². The molecule has 0 fully saturated rings. The maximum absolute atomic E-state index is 3.89. The van der Waals surface area contributed by atoms with E-state index in [2.05, 4.69) is 23.0 Å². The Bertz CT molecular complexity index is 184. The molecule has 0 saturated heterocycles. The van der Waals surface area contributed by atoms with Crippen LogP contribution >= 0.6 is 0 Å². The number of rotatable bonds is 2. The molecule has 0 saturated carbocycles. The highest BCUT2D eigenvalue weighted by atomic mass is 15.1. The van der Waals surface area contributed by atoms with Crippen LogP contribution in [0.3, 0.4) is 0 Å². The van der Waals surface area contributed by atoms with Gasteiger partial charge < -0.3 is 4.90 Å². The molecule has 0 spiro atoms. The molecule has 0 unspecified atom stereocenters. The number of hydrogen-bond acceptors (Lipinski definition) is 2. The lowest BCUT2D eigenvalue weighted by molar-refractivity contribution is 0.959. The van der Waals surface area contributed by atoms with Gasteiger partial charge in [0, 0.05) is 19.8 Å². The molecule has 2 nitrogen and oxygen atoms in total. The molecule has 0 bridgehead atoms. The molecular formula is C8H11N2. The van der Waals surface area contributed by atoms with Crippen LogP contribution < -0.4 is 4.90 Å². The van der Waals surface area contributed by atoms with E-state index in [1.807, 2.05) is 19.2 Å². The van der Waals surface area contributed by atoms with E-state index >= 15 is 0 Å². The summed E-state index contributed by atoms with van der Waals surface area (Å²) in [5.41, 5.74) is 1.05. The van der Waals surface area contributed by atoms with Gasteiger partial charge in [0.15, 0.2) is 0 Å². The molecule has 1 aromatic rings. The van der Waals surface area contributed by atoms with E-state index in [4.69, 9.17) is 0 Å². The third-order valence-electron chi connectivity index (χ3n) is 1.48. The van der Waals surface area contributed by atoms with Crippen LogP contribution in [0.1, 0.15) is 6.92 Å². The van der Waals surface area contributed by atoms with E-state index in [0.29, 0.717) is 0 Å². The Labute approximate surface area is 61.5 Å². The summed E-state index contributed by atoms with van der Waals surface area (Å²) in [6, 6.07) is 3.91. The van der Waals surface area contributed by atoms with Crippen LogP contribution in [0.15, 0.2) is 18.3 Å². The molecule has 0 aliphatic carbocycles. The maximum Gasteiger partial charge on any atom is 0.114 e. The van der Waals surface area contributed by atoms with E-state index in [1.165, 1.54) is 0 Å². The molecule has 0 aromatic carbocycles. The smallest absolute Gasteiger partial charge is 0.114 e. The zero-order chi connectivity index (χ0) is 7.40. The molecule has 1 rings (SSSR count). The van der Waals surface area contributed by atoms with Gasteiger partial charge in [-0.25, -0.2) is 0 Å². The van der Waals surface area contributed by atoms with E-state index in [0.717, 1.165) is 12.2 Å². The average molecular weight is 135 g/mol. The van der Waals surface area contributed by atoms with Crippen molar-refractivity contribution < 1.29 is 0 Å². The minimum Gasteiger partial charge on any atom is -0.373 e. The second-order valence-corrected chi connectivity index (χ2v) is 2.15. The zero-order valence-electron chi connectivity index (χ0n) is 6.33. The highest BCUT2D eigenvalue weighted by Crippen LogP contribution is 2.06. The Morgan fingerprint density at radius 1 is 1.70 bits per heavy atom. The molecule has 10 heavy (non-hydrogen) atoms. The standard InChI is InChI=1S/C8H11N2/c1-3-10(2)8-5-4-6-9-7-8/h4-6H,3H2,1-2H3. The van der Waals surface area contributed by atoms with Crippen LogP contribution in [-0.2, 0) is 0 Å². The van der Waals surface area contributed by atoms with Gasteiger partial charge in [-0.05, 0) is 19.1 Å². The summed E-state index contributed by atoms with van der Waals surface area (Å²) in [7, 11) is 2.02. The van der Waals surface area contributed by atoms with Crippen LogP contribution in [-0.4, -0.2) is 18.6 Å². The first kappa shape index (κ1) is 7.06. The lowest BCUT2D eigenvalue weighted by atomic mass is 10.4. The fraction of sp³-hybridized carbons (Fsp3) is 0.375. The van der Waals surface area contributed by atoms with Crippen molar-refractivity contribution in [2.24, 2.45) is 0 Å². The van der Waals surface area contributed by atoms with Crippen LogP contribution in [0.5, 0.6) is 0 Å². The molecule has 0 atom stereocenters. The summed E-state index contributed by atoms with van der Waals surface area (Å²) in [4.78, 5) is 5.98. The first-order valence-corrected chi connectivity index (χ1v) is 3.38. The van der Waals surface area contributed by atoms with Crippen LogP contribution in [0.4, 0.5) is 5.69 Å². The second kappa shape index (κ2) is 3.20. The normalized spacial score (nSPS) is 9.40. The van der Waals surface area contributed by atoms with E-state index in [9.17, 15) is 0 Å². The highest BCUT2D eigenvalue weighted by Gasteiger charge is 1.94. The number of hydrogen-bond donors (Lipinski definition) is 0. The SMILES string of the molecule is CCN(C)c1[c]nccc1. The molecule has 0 amide bonds. The summed E-state index contributed by atoms with van der Waals surface area (Å²) in [5.74, 6) is 0. The molecule has 0 aliphatic rings. The second-order valence-electron chi connectivity index (χ2n) is 2.15. The topological polar surface area (TPSA) is 16.1 Å². The summed E-state index contributed by atoms with van der Waals surface area (Å²) >= 11 is 0. The van der Waals surface area contributed by atoms with Crippen molar-refractivity contribution in [3.63, 3.8) is 0 Å². The zero-order valence-corrected chi connectivity index (χ0v) is 6.33. The summed E-state index contributed by atoms with van der Waals surface area (Å²) in [6.07, 6.45) is 4.62. The third kappa shape index (κ3) is 1.47. The van der Waals surface area contributed by atoms with Gasteiger partial charge >= 0.3 is 0 Å². The monoisotopic (exact) mass is 135 g/mol. The lowest BCUT2D eigenvalue weighted by Gasteiger charge is -2.14. The van der Waals surface area contributed by atoms with Gasteiger partial charge in [-0.2, -0.15) is 0 Å². The molecule has 2 heteroatoms. The highest BCUT2D eigenvalue weighted by molar-refractivity contribution is 5.40. The Hall–Kier alpha value is -1.05. The van der Waals surface area contributed by atoms with Gasteiger partial charge in [0.2, 0.25) is 0 Å². The Kier molecular flexibility index (Phi) is 2.26. The molecule has 0 N–H and O–H groups in total. The summed E-state index contributed by atoms with van der Waals surface area (Å²) in [6.45, 7) is 3.09. The van der Waals surface area contributed by atoms with Crippen LogP contribution in [0.2, 0.25) is 0 Å². The largest absolute Gasteiger partial charge is 0.373 e. The van der Waals surface area contributed by atoms with Gasteiger partial charge in [-0.3, -0.25) is 4.98 Å². The van der Waals surface area contributed by atoms with Crippen molar-refractivity contribution in [2.75, 3.05) is 18.5 Å². The number of pyridine rings is 1. The minimum absolute atomic E-state index is 0.988. The maximum atomic E-state index is 3.89. The predicted molar refractivity (Wildman–Crippen MR) is 42.0 cm³/mol. The van der Waals surface area contributed by atoms with Crippen molar-refractivity contribution in [1.82, 2.24) is 4.98 Å². The first-order valence-electron chi connectivity index (χ1n) is 3.38. The van der Waals surface area contributed by atoms with E-state index in [-0.39, 0.29) is 0 Å². The van der Waals surface area contributed by atoms with Gasteiger partial charge in [0.25, 0.3) is 0 Å². The molecule has 1 heterocycles. The van der Waals surface area contributed by atoms with Crippen LogP contribution in [0.25, 0.3) is 0 Å². The van der Waals surface area contributed by atoms with Gasteiger partial charge in [-0.15, -0.1) is 0 Å². The quantitative estimate of drug-likeness (QED) is 0.608. The molecule has 1 aromatic heterocycles. The van der Waals surface area contributed by atoms with Crippen LogP contribution in [0, 0.1) is 6.20 Å². The van der Waals surface area contributed by atoms with Gasteiger partial charge in [-0.1, -0.05) is 0 Å². The van der Waals surface area contributed by atoms with Gasteiger partial charge in [0.1, 0.15) is 6.20 Å².